The molecule has 1 aromatic rings. The zero-order valence-corrected chi connectivity index (χ0v) is 10.7. The average molecular weight is 240 g/mol. The highest BCUT2D eigenvalue weighted by Crippen LogP contribution is 2.17. The van der Waals surface area contributed by atoms with Crippen LogP contribution in [-0.2, 0) is 4.79 Å². The van der Waals surface area contributed by atoms with E-state index < -0.39 is 5.38 Å². The molecule has 0 aromatic heterocycles. The lowest BCUT2D eigenvalue weighted by atomic mass is 10.0. The van der Waals surface area contributed by atoms with Gasteiger partial charge in [-0.25, -0.2) is 0 Å². The Kier molecular flexibility index (Phi) is 4.81. The van der Waals surface area contributed by atoms with E-state index in [9.17, 15) is 4.79 Å². The fraction of sp³-hybridized carbons (Fsp3) is 0.462. The molecule has 0 aliphatic rings. The summed E-state index contributed by atoms with van der Waals surface area (Å²) in [5, 5.41) is 2.44. The van der Waals surface area contributed by atoms with Gasteiger partial charge in [0, 0.05) is 0 Å². The summed E-state index contributed by atoms with van der Waals surface area (Å²) in [6, 6.07) is 8.24. The molecule has 2 unspecified atom stereocenters. The Balaban J connectivity index is 2.74. The fourth-order valence-electron chi connectivity index (χ4n) is 1.51. The third-order valence-corrected chi connectivity index (χ3v) is 2.76. The van der Waals surface area contributed by atoms with E-state index in [1.807, 2.05) is 38.1 Å². The van der Waals surface area contributed by atoms with Crippen LogP contribution in [0.5, 0.6) is 0 Å². The lowest BCUT2D eigenvalue weighted by molar-refractivity contribution is -0.121. The first-order valence-corrected chi connectivity index (χ1v) is 5.99. The number of amides is 1. The summed E-state index contributed by atoms with van der Waals surface area (Å²) in [6.07, 6.45) is 0.860. The average Bonchev–Trinajstić information content (AvgIpc) is 2.26. The van der Waals surface area contributed by atoms with Crippen molar-refractivity contribution < 1.29 is 4.79 Å². The van der Waals surface area contributed by atoms with E-state index >= 15 is 0 Å². The van der Waals surface area contributed by atoms with Crippen LogP contribution < -0.4 is 5.32 Å². The maximum absolute atomic E-state index is 11.5. The van der Waals surface area contributed by atoms with E-state index in [1.165, 1.54) is 5.56 Å². The standard InChI is InChI=1S/C13H18ClNO/c1-4-12(15-13(16)10(3)14)11-7-5-9(2)6-8-11/h5-8,10,12H,4H2,1-3H3,(H,15,16). The molecule has 16 heavy (non-hydrogen) atoms. The number of benzene rings is 1. The summed E-state index contributed by atoms with van der Waals surface area (Å²) in [4.78, 5) is 11.5. The van der Waals surface area contributed by atoms with Gasteiger partial charge in [-0.15, -0.1) is 11.6 Å². The number of rotatable bonds is 4. The lowest BCUT2D eigenvalue weighted by Crippen LogP contribution is -2.33. The van der Waals surface area contributed by atoms with Crippen LogP contribution in [0, 0.1) is 6.92 Å². The second-order valence-electron chi connectivity index (χ2n) is 4.00. The van der Waals surface area contributed by atoms with E-state index in [2.05, 4.69) is 5.32 Å². The van der Waals surface area contributed by atoms with Crippen LogP contribution in [0.1, 0.15) is 37.4 Å². The Morgan fingerprint density at radius 2 is 1.94 bits per heavy atom. The number of hydrogen-bond donors (Lipinski definition) is 1. The summed E-state index contributed by atoms with van der Waals surface area (Å²) >= 11 is 5.73. The molecule has 2 atom stereocenters. The molecule has 1 aromatic carbocycles. The summed E-state index contributed by atoms with van der Waals surface area (Å²) in [7, 11) is 0. The molecule has 0 saturated carbocycles. The summed E-state index contributed by atoms with van der Waals surface area (Å²) in [5.41, 5.74) is 2.34. The first kappa shape index (κ1) is 13.0. The SMILES string of the molecule is CCC(NC(=O)C(C)Cl)c1ccc(C)cc1. The molecule has 3 heteroatoms. The van der Waals surface area contributed by atoms with Crippen LogP contribution in [0.2, 0.25) is 0 Å². The topological polar surface area (TPSA) is 29.1 Å². The Morgan fingerprint density at radius 3 is 2.38 bits per heavy atom. The van der Waals surface area contributed by atoms with Gasteiger partial charge in [0.15, 0.2) is 0 Å². The molecule has 0 saturated heterocycles. The predicted molar refractivity (Wildman–Crippen MR) is 67.7 cm³/mol. The molecule has 2 nitrogen and oxygen atoms in total. The Hall–Kier alpha value is -1.02. The van der Waals surface area contributed by atoms with Gasteiger partial charge < -0.3 is 5.32 Å². The van der Waals surface area contributed by atoms with Crippen molar-refractivity contribution >= 4 is 17.5 Å². The molecule has 1 rings (SSSR count). The molecule has 0 heterocycles. The van der Waals surface area contributed by atoms with E-state index in [0.29, 0.717) is 0 Å². The molecule has 0 radical (unpaired) electrons. The van der Waals surface area contributed by atoms with Gasteiger partial charge in [-0.05, 0) is 25.8 Å². The number of hydrogen-bond acceptors (Lipinski definition) is 1. The van der Waals surface area contributed by atoms with Crippen LogP contribution in [-0.4, -0.2) is 11.3 Å². The van der Waals surface area contributed by atoms with Gasteiger partial charge in [-0.1, -0.05) is 36.8 Å². The minimum absolute atomic E-state index is 0.0503. The van der Waals surface area contributed by atoms with Gasteiger partial charge in [-0.3, -0.25) is 4.79 Å². The number of carbonyl (C=O) groups excluding carboxylic acids is 1. The highest BCUT2D eigenvalue weighted by molar-refractivity contribution is 6.30. The van der Waals surface area contributed by atoms with Crippen molar-refractivity contribution in [3.05, 3.63) is 35.4 Å². The van der Waals surface area contributed by atoms with Crippen LogP contribution in [0.25, 0.3) is 0 Å². The van der Waals surface area contributed by atoms with Gasteiger partial charge >= 0.3 is 0 Å². The zero-order chi connectivity index (χ0) is 12.1. The van der Waals surface area contributed by atoms with Crippen molar-refractivity contribution in [3.8, 4) is 0 Å². The summed E-state index contributed by atoms with van der Waals surface area (Å²) in [6.45, 7) is 5.77. The molecular weight excluding hydrogens is 222 g/mol. The van der Waals surface area contributed by atoms with E-state index in [0.717, 1.165) is 12.0 Å². The quantitative estimate of drug-likeness (QED) is 0.804. The van der Waals surface area contributed by atoms with E-state index in [4.69, 9.17) is 11.6 Å². The second-order valence-corrected chi connectivity index (χ2v) is 4.65. The molecule has 0 aliphatic heterocycles. The number of nitrogens with one attached hydrogen (secondary N) is 1. The monoisotopic (exact) mass is 239 g/mol. The van der Waals surface area contributed by atoms with Crippen LogP contribution >= 0.6 is 11.6 Å². The first-order chi connectivity index (χ1) is 7.54. The maximum Gasteiger partial charge on any atom is 0.238 e. The van der Waals surface area contributed by atoms with Crippen molar-refractivity contribution in [2.45, 2.75) is 38.6 Å². The fourth-order valence-corrected chi connectivity index (χ4v) is 1.57. The number of aryl methyl sites for hydroxylation is 1. The van der Waals surface area contributed by atoms with Gasteiger partial charge in [-0.2, -0.15) is 0 Å². The zero-order valence-electron chi connectivity index (χ0n) is 9.96. The molecule has 0 spiro atoms. The third kappa shape index (κ3) is 3.53. The van der Waals surface area contributed by atoms with Gasteiger partial charge in [0.1, 0.15) is 5.38 Å². The van der Waals surface area contributed by atoms with Crippen molar-refractivity contribution in [2.75, 3.05) is 0 Å². The third-order valence-electron chi connectivity index (χ3n) is 2.57. The number of alkyl halides is 1. The predicted octanol–water partition coefficient (Wildman–Crippen LogP) is 3.19. The van der Waals surface area contributed by atoms with Crippen molar-refractivity contribution in [1.82, 2.24) is 5.32 Å². The lowest BCUT2D eigenvalue weighted by Gasteiger charge is -2.18. The Labute approximate surface area is 102 Å². The number of carbonyl (C=O) groups is 1. The Morgan fingerprint density at radius 1 is 1.38 bits per heavy atom. The summed E-state index contributed by atoms with van der Waals surface area (Å²) in [5.74, 6) is -0.117. The molecule has 1 amide bonds. The summed E-state index contributed by atoms with van der Waals surface area (Å²) < 4.78 is 0. The second kappa shape index (κ2) is 5.90. The molecule has 1 N–H and O–H groups in total. The highest BCUT2D eigenvalue weighted by atomic mass is 35.5. The van der Waals surface area contributed by atoms with Crippen molar-refractivity contribution in [3.63, 3.8) is 0 Å². The smallest absolute Gasteiger partial charge is 0.238 e. The van der Waals surface area contributed by atoms with Gasteiger partial charge in [0.2, 0.25) is 5.91 Å². The molecule has 0 aliphatic carbocycles. The largest absolute Gasteiger partial charge is 0.348 e. The Bertz CT molecular complexity index is 345. The normalized spacial score (nSPS) is 14.2. The van der Waals surface area contributed by atoms with Crippen LogP contribution in [0.4, 0.5) is 0 Å². The maximum atomic E-state index is 11.5. The van der Waals surface area contributed by atoms with Gasteiger partial charge in [0.05, 0.1) is 6.04 Å². The minimum atomic E-state index is -0.487. The van der Waals surface area contributed by atoms with Crippen LogP contribution in [0.3, 0.4) is 0 Å². The molecular formula is C13H18ClNO. The van der Waals surface area contributed by atoms with E-state index in [-0.39, 0.29) is 11.9 Å². The van der Waals surface area contributed by atoms with Gasteiger partial charge in [0.25, 0.3) is 0 Å². The van der Waals surface area contributed by atoms with Crippen LogP contribution in [0.15, 0.2) is 24.3 Å². The molecule has 0 fully saturated rings. The van der Waals surface area contributed by atoms with Crippen molar-refractivity contribution in [1.29, 1.82) is 0 Å². The molecule has 0 bridgehead atoms. The number of halogens is 1. The first-order valence-electron chi connectivity index (χ1n) is 5.55. The molecule has 88 valence electrons. The highest BCUT2D eigenvalue weighted by Gasteiger charge is 2.15. The minimum Gasteiger partial charge on any atom is -0.348 e. The van der Waals surface area contributed by atoms with E-state index in [1.54, 1.807) is 6.92 Å². The van der Waals surface area contributed by atoms with Crippen molar-refractivity contribution in [2.24, 2.45) is 0 Å².